The highest BCUT2D eigenvalue weighted by molar-refractivity contribution is 9.10. The Morgan fingerprint density at radius 3 is 3.06 bits per heavy atom. The number of rotatable bonds is 1. The Labute approximate surface area is 113 Å². The molecule has 1 fully saturated rings. The van der Waals surface area contributed by atoms with E-state index >= 15 is 0 Å². The van der Waals surface area contributed by atoms with Gasteiger partial charge in [-0.3, -0.25) is 0 Å². The molecule has 2 aromatic rings. The lowest BCUT2D eigenvalue weighted by atomic mass is 10.2. The Balaban J connectivity index is 2.12. The largest absolute Gasteiger partial charge is 0.356 e. The molecule has 3 rings (SSSR count). The summed E-state index contributed by atoms with van der Waals surface area (Å²) in [5.74, 6) is 0. The van der Waals surface area contributed by atoms with Crippen LogP contribution in [0.2, 0.25) is 5.02 Å². The number of ether oxygens (including phenoxy) is 1. The predicted octanol–water partition coefficient (Wildman–Crippen LogP) is 4.15. The Morgan fingerprint density at radius 1 is 1.41 bits per heavy atom. The van der Waals surface area contributed by atoms with E-state index in [0.29, 0.717) is 5.02 Å². The molecule has 0 N–H and O–H groups in total. The van der Waals surface area contributed by atoms with Gasteiger partial charge in [0.05, 0.1) is 16.7 Å². The summed E-state index contributed by atoms with van der Waals surface area (Å²) >= 11 is 9.77. The first kappa shape index (κ1) is 11.5. The van der Waals surface area contributed by atoms with E-state index in [1.165, 1.54) is 6.42 Å². The summed E-state index contributed by atoms with van der Waals surface area (Å²) in [7, 11) is 0. The maximum atomic E-state index is 6.33. The average molecular weight is 316 g/mol. The molecule has 0 bridgehead atoms. The minimum atomic E-state index is 0.0213. The lowest BCUT2D eigenvalue weighted by molar-refractivity contribution is -0.0366. The van der Waals surface area contributed by atoms with Gasteiger partial charge in [-0.15, -0.1) is 0 Å². The second kappa shape index (κ2) is 4.59. The molecule has 1 aliphatic rings. The van der Waals surface area contributed by atoms with E-state index in [0.717, 1.165) is 34.8 Å². The molecule has 2 heterocycles. The zero-order chi connectivity index (χ0) is 11.8. The maximum absolute atomic E-state index is 6.33. The fourth-order valence-corrected chi connectivity index (χ4v) is 2.79. The van der Waals surface area contributed by atoms with Crippen LogP contribution < -0.4 is 0 Å². The summed E-state index contributed by atoms with van der Waals surface area (Å²) in [6.45, 7) is 0.803. The number of nitrogens with zero attached hydrogens (tertiary/aromatic N) is 2. The summed E-state index contributed by atoms with van der Waals surface area (Å²) < 4.78 is 8.55. The third kappa shape index (κ3) is 1.98. The number of fused-ring (bicyclic) bond motifs is 1. The minimum absolute atomic E-state index is 0.0213. The molecule has 1 aromatic heterocycles. The SMILES string of the molecule is Clc1c(Br)ccc2cnn(C3CCCCO3)c12. The minimum Gasteiger partial charge on any atom is -0.356 e. The summed E-state index contributed by atoms with van der Waals surface area (Å²) in [5, 5.41) is 6.16. The topological polar surface area (TPSA) is 27.1 Å². The molecular weight excluding hydrogens is 304 g/mol. The highest BCUT2D eigenvalue weighted by Gasteiger charge is 2.20. The fourth-order valence-electron chi connectivity index (χ4n) is 2.21. The van der Waals surface area contributed by atoms with E-state index < -0.39 is 0 Å². The zero-order valence-corrected chi connectivity index (χ0v) is 11.5. The van der Waals surface area contributed by atoms with Crippen LogP contribution >= 0.6 is 27.5 Å². The highest BCUT2D eigenvalue weighted by atomic mass is 79.9. The van der Waals surface area contributed by atoms with Gasteiger partial charge >= 0.3 is 0 Å². The van der Waals surface area contributed by atoms with Gasteiger partial charge in [-0.1, -0.05) is 11.6 Å². The van der Waals surface area contributed by atoms with E-state index in [4.69, 9.17) is 16.3 Å². The van der Waals surface area contributed by atoms with Gasteiger partial charge in [0.25, 0.3) is 0 Å². The Morgan fingerprint density at radius 2 is 2.29 bits per heavy atom. The standard InChI is InChI=1S/C12H12BrClN2O/c13-9-5-4-8-7-15-16(12(8)11(9)14)10-3-1-2-6-17-10/h4-5,7,10H,1-3,6H2. The van der Waals surface area contributed by atoms with Gasteiger partial charge in [0.15, 0.2) is 6.23 Å². The van der Waals surface area contributed by atoms with Gasteiger partial charge < -0.3 is 4.74 Å². The monoisotopic (exact) mass is 314 g/mol. The van der Waals surface area contributed by atoms with Crippen molar-refractivity contribution in [2.75, 3.05) is 6.61 Å². The van der Waals surface area contributed by atoms with Crippen LogP contribution in [0.3, 0.4) is 0 Å². The first-order valence-corrected chi connectivity index (χ1v) is 6.87. The Kier molecular flexibility index (Phi) is 3.11. The Bertz CT molecular complexity index is 549. The van der Waals surface area contributed by atoms with Crippen molar-refractivity contribution in [2.24, 2.45) is 0 Å². The number of halogens is 2. The number of benzene rings is 1. The van der Waals surface area contributed by atoms with Crippen LogP contribution in [0.25, 0.3) is 10.9 Å². The van der Waals surface area contributed by atoms with E-state index in [1.807, 2.05) is 23.0 Å². The summed E-state index contributed by atoms with van der Waals surface area (Å²) in [6, 6.07) is 3.95. The van der Waals surface area contributed by atoms with Crippen molar-refractivity contribution in [3.05, 3.63) is 27.8 Å². The smallest absolute Gasteiger partial charge is 0.150 e. The van der Waals surface area contributed by atoms with Crippen molar-refractivity contribution in [1.29, 1.82) is 0 Å². The van der Waals surface area contributed by atoms with Crippen molar-refractivity contribution in [2.45, 2.75) is 25.5 Å². The Hall–Kier alpha value is -0.580. The van der Waals surface area contributed by atoms with Crippen LogP contribution in [0.1, 0.15) is 25.5 Å². The van der Waals surface area contributed by atoms with Crippen molar-refractivity contribution < 1.29 is 4.74 Å². The van der Waals surface area contributed by atoms with Crippen molar-refractivity contribution in [3.63, 3.8) is 0 Å². The number of aromatic nitrogens is 2. The second-order valence-corrected chi connectivity index (χ2v) is 5.44. The molecule has 5 heteroatoms. The normalized spacial score (nSPS) is 20.9. The van der Waals surface area contributed by atoms with E-state index in [1.54, 1.807) is 0 Å². The van der Waals surface area contributed by atoms with Gasteiger partial charge in [-0.2, -0.15) is 5.10 Å². The number of hydrogen-bond donors (Lipinski definition) is 0. The molecule has 1 aliphatic heterocycles. The molecule has 1 atom stereocenters. The summed E-state index contributed by atoms with van der Waals surface area (Å²) in [6.07, 6.45) is 5.17. The molecule has 3 nitrogen and oxygen atoms in total. The van der Waals surface area contributed by atoms with E-state index in [-0.39, 0.29) is 6.23 Å². The molecule has 0 amide bonds. The molecule has 90 valence electrons. The predicted molar refractivity (Wildman–Crippen MR) is 71.3 cm³/mol. The molecular formula is C12H12BrClN2O. The lowest BCUT2D eigenvalue weighted by Crippen LogP contribution is -2.19. The first-order valence-electron chi connectivity index (χ1n) is 5.70. The highest BCUT2D eigenvalue weighted by Crippen LogP contribution is 2.34. The first-order chi connectivity index (χ1) is 8.27. The molecule has 17 heavy (non-hydrogen) atoms. The third-order valence-corrected chi connectivity index (χ3v) is 4.35. The molecule has 0 aliphatic carbocycles. The van der Waals surface area contributed by atoms with Crippen LogP contribution in [0, 0.1) is 0 Å². The van der Waals surface area contributed by atoms with Crippen LogP contribution in [0.5, 0.6) is 0 Å². The summed E-state index contributed by atoms with van der Waals surface area (Å²) in [5.41, 5.74) is 0.952. The van der Waals surface area contributed by atoms with Crippen LogP contribution in [0.4, 0.5) is 0 Å². The lowest BCUT2D eigenvalue weighted by Gasteiger charge is -2.23. The van der Waals surface area contributed by atoms with Gasteiger partial charge in [0.2, 0.25) is 0 Å². The van der Waals surface area contributed by atoms with Crippen LogP contribution in [0.15, 0.2) is 22.8 Å². The zero-order valence-electron chi connectivity index (χ0n) is 9.20. The molecule has 1 unspecified atom stereocenters. The fraction of sp³-hybridized carbons (Fsp3) is 0.417. The van der Waals surface area contributed by atoms with Crippen LogP contribution in [-0.2, 0) is 4.74 Å². The third-order valence-electron chi connectivity index (χ3n) is 3.08. The van der Waals surface area contributed by atoms with Crippen molar-refractivity contribution in [3.8, 4) is 0 Å². The van der Waals surface area contributed by atoms with Crippen molar-refractivity contribution in [1.82, 2.24) is 9.78 Å². The number of hydrogen-bond acceptors (Lipinski definition) is 2. The molecule has 0 spiro atoms. The second-order valence-electron chi connectivity index (χ2n) is 4.21. The molecule has 1 aromatic carbocycles. The molecule has 0 saturated carbocycles. The molecule has 1 saturated heterocycles. The van der Waals surface area contributed by atoms with Gasteiger partial charge in [0.1, 0.15) is 0 Å². The van der Waals surface area contributed by atoms with Gasteiger partial charge in [-0.25, -0.2) is 4.68 Å². The van der Waals surface area contributed by atoms with Crippen molar-refractivity contribution >= 4 is 38.4 Å². The van der Waals surface area contributed by atoms with Gasteiger partial charge in [0, 0.05) is 16.5 Å². The average Bonchev–Trinajstić information content (AvgIpc) is 2.79. The maximum Gasteiger partial charge on any atom is 0.150 e. The van der Waals surface area contributed by atoms with Gasteiger partial charge in [-0.05, 0) is 47.3 Å². The van der Waals surface area contributed by atoms with Crippen LogP contribution in [-0.4, -0.2) is 16.4 Å². The molecule has 0 radical (unpaired) electrons. The quantitative estimate of drug-likeness (QED) is 0.790. The van der Waals surface area contributed by atoms with E-state index in [2.05, 4.69) is 21.0 Å². The summed E-state index contributed by atoms with van der Waals surface area (Å²) in [4.78, 5) is 0. The van der Waals surface area contributed by atoms with E-state index in [9.17, 15) is 0 Å².